The van der Waals surface area contributed by atoms with Gasteiger partial charge in [0.2, 0.25) is 5.91 Å². The van der Waals surface area contributed by atoms with E-state index in [0.29, 0.717) is 19.7 Å². The zero-order valence-corrected chi connectivity index (χ0v) is 16.9. The number of ether oxygens (including phenoxy) is 2. The standard InChI is InChI=1S/C18H29N3O3.2ClH/c1-23-10-7-19-14-18(22)20-17(13-16-5-3-2-4-6-16)15-21-8-11-24-12-9-21;;/h2-6,17,19H,7-15H2,1H3,(H,20,22);2*1H. The van der Waals surface area contributed by atoms with Crippen LogP contribution in [0.25, 0.3) is 0 Å². The quantitative estimate of drug-likeness (QED) is 0.569. The van der Waals surface area contributed by atoms with E-state index in [2.05, 4.69) is 27.7 Å². The maximum absolute atomic E-state index is 12.2. The van der Waals surface area contributed by atoms with Crippen LogP contribution < -0.4 is 10.6 Å². The van der Waals surface area contributed by atoms with Gasteiger partial charge in [-0.2, -0.15) is 0 Å². The molecule has 0 bridgehead atoms. The van der Waals surface area contributed by atoms with Gasteiger partial charge in [0.1, 0.15) is 0 Å². The number of carbonyl (C=O) groups excluding carboxylic acids is 1. The molecule has 150 valence electrons. The van der Waals surface area contributed by atoms with E-state index < -0.39 is 0 Å². The third-order valence-electron chi connectivity index (χ3n) is 4.04. The SMILES string of the molecule is COCCNCC(=O)NC(Cc1ccccc1)CN1CCOCC1.Cl.Cl. The Morgan fingerprint density at radius 1 is 1.23 bits per heavy atom. The van der Waals surface area contributed by atoms with Gasteiger partial charge in [0.25, 0.3) is 0 Å². The minimum Gasteiger partial charge on any atom is -0.383 e. The van der Waals surface area contributed by atoms with Crippen LogP contribution >= 0.6 is 24.8 Å². The van der Waals surface area contributed by atoms with Gasteiger partial charge in [-0.3, -0.25) is 9.69 Å². The summed E-state index contributed by atoms with van der Waals surface area (Å²) in [6.45, 7) is 5.83. The van der Waals surface area contributed by atoms with Crippen molar-refractivity contribution >= 4 is 30.7 Å². The molecule has 26 heavy (non-hydrogen) atoms. The Kier molecular flexibility index (Phi) is 14.7. The van der Waals surface area contributed by atoms with Crippen LogP contribution in [0.1, 0.15) is 5.56 Å². The van der Waals surface area contributed by atoms with E-state index in [4.69, 9.17) is 9.47 Å². The number of methoxy groups -OCH3 is 1. The molecule has 1 fully saturated rings. The summed E-state index contributed by atoms with van der Waals surface area (Å²) in [6.07, 6.45) is 0.835. The number of hydrogen-bond acceptors (Lipinski definition) is 5. The molecule has 1 unspecified atom stereocenters. The van der Waals surface area contributed by atoms with Gasteiger partial charge >= 0.3 is 0 Å². The second-order valence-corrected chi connectivity index (χ2v) is 6.04. The fourth-order valence-electron chi connectivity index (χ4n) is 2.81. The molecule has 1 aromatic carbocycles. The smallest absolute Gasteiger partial charge is 0.234 e. The third kappa shape index (κ3) is 10.3. The number of benzene rings is 1. The molecular formula is C18H31Cl2N3O3. The first kappa shape index (κ1) is 25.1. The maximum Gasteiger partial charge on any atom is 0.234 e. The Morgan fingerprint density at radius 3 is 2.58 bits per heavy atom. The number of nitrogens with zero attached hydrogens (tertiary/aromatic N) is 1. The molecule has 1 atom stereocenters. The third-order valence-corrected chi connectivity index (χ3v) is 4.04. The molecule has 0 radical (unpaired) electrons. The monoisotopic (exact) mass is 407 g/mol. The zero-order valence-electron chi connectivity index (χ0n) is 15.3. The minimum atomic E-state index is 0. The van der Waals surface area contributed by atoms with Gasteiger partial charge in [-0.1, -0.05) is 30.3 Å². The molecule has 6 nitrogen and oxygen atoms in total. The lowest BCUT2D eigenvalue weighted by atomic mass is 10.1. The summed E-state index contributed by atoms with van der Waals surface area (Å²) in [4.78, 5) is 14.5. The lowest BCUT2D eigenvalue weighted by Crippen LogP contribution is -2.50. The highest BCUT2D eigenvalue weighted by molar-refractivity contribution is 5.85. The van der Waals surface area contributed by atoms with E-state index in [1.165, 1.54) is 5.56 Å². The number of hydrogen-bond donors (Lipinski definition) is 2. The van der Waals surface area contributed by atoms with Crippen molar-refractivity contribution in [2.75, 3.05) is 59.7 Å². The van der Waals surface area contributed by atoms with Crippen molar-refractivity contribution in [2.45, 2.75) is 12.5 Å². The van der Waals surface area contributed by atoms with E-state index in [1.54, 1.807) is 7.11 Å². The van der Waals surface area contributed by atoms with Crippen molar-refractivity contribution in [1.29, 1.82) is 0 Å². The van der Waals surface area contributed by atoms with Gasteiger partial charge in [0, 0.05) is 39.3 Å². The molecule has 0 aromatic heterocycles. The van der Waals surface area contributed by atoms with Gasteiger partial charge in [-0.25, -0.2) is 0 Å². The highest BCUT2D eigenvalue weighted by Gasteiger charge is 2.18. The first-order chi connectivity index (χ1) is 11.8. The zero-order chi connectivity index (χ0) is 17.0. The van der Waals surface area contributed by atoms with Crippen molar-refractivity contribution in [1.82, 2.24) is 15.5 Å². The van der Waals surface area contributed by atoms with Gasteiger partial charge in [-0.15, -0.1) is 24.8 Å². The Balaban J connectivity index is 0.00000312. The second-order valence-electron chi connectivity index (χ2n) is 6.04. The van der Waals surface area contributed by atoms with Crippen LogP contribution in [0.5, 0.6) is 0 Å². The number of carbonyl (C=O) groups is 1. The van der Waals surface area contributed by atoms with Crippen LogP contribution in [-0.2, 0) is 20.7 Å². The molecule has 0 aliphatic carbocycles. The van der Waals surface area contributed by atoms with E-state index in [9.17, 15) is 4.79 Å². The molecule has 1 aliphatic heterocycles. The molecule has 1 aliphatic rings. The average Bonchev–Trinajstić information content (AvgIpc) is 2.60. The van der Waals surface area contributed by atoms with Crippen LogP contribution in [0, 0.1) is 0 Å². The number of halogens is 2. The summed E-state index contributed by atoms with van der Waals surface area (Å²) in [6, 6.07) is 10.4. The summed E-state index contributed by atoms with van der Waals surface area (Å²) in [5, 5.41) is 6.25. The molecule has 1 aromatic rings. The number of rotatable bonds is 10. The number of nitrogens with one attached hydrogen (secondary N) is 2. The van der Waals surface area contributed by atoms with Crippen LogP contribution in [0.2, 0.25) is 0 Å². The Morgan fingerprint density at radius 2 is 1.92 bits per heavy atom. The molecule has 1 heterocycles. The summed E-state index contributed by atoms with van der Waals surface area (Å²) >= 11 is 0. The first-order valence-corrected chi connectivity index (χ1v) is 8.61. The molecule has 8 heteroatoms. The normalized spacial score (nSPS) is 15.4. The van der Waals surface area contributed by atoms with E-state index in [1.807, 2.05) is 18.2 Å². The van der Waals surface area contributed by atoms with E-state index in [-0.39, 0.29) is 36.8 Å². The van der Waals surface area contributed by atoms with Crippen molar-refractivity contribution in [3.63, 3.8) is 0 Å². The summed E-state index contributed by atoms with van der Waals surface area (Å²) in [7, 11) is 1.65. The predicted molar refractivity (Wildman–Crippen MR) is 109 cm³/mol. The van der Waals surface area contributed by atoms with Crippen molar-refractivity contribution in [3.8, 4) is 0 Å². The van der Waals surface area contributed by atoms with Crippen molar-refractivity contribution in [3.05, 3.63) is 35.9 Å². The first-order valence-electron chi connectivity index (χ1n) is 8.61. The summed E-state index contributed by atoms with van der Waals surface area (Å²) in [5.74, 6) is 0.0280. The summed E-state index contributed by atoms with van der Waals surface area (Å²) in [5.41, 5.74) is 1.24. The second kappa shape index (κ2) is 15.2. The largest absolute Gasteiger partial charge is 0.383 e. The van der Waals surface area contributed by atoms with Crippen LogP contribution in [-0.4, -0.2) is 76.5 Å². The topological polar surface area (TPSA) is 62.8 Å². The van der Waals surface area contributed by atoms with Crippen LogP contribution in [0.15, 0.2) is 30.3 Å². The molecule has 2 rings (SSSR count). The Bertz CT molecular complexity index is 474. The predicted octanol–water partition coefficient (Wildman–Crippen LogP) is 1.13. The van der Waals surface area contributed by atoms with Gasteiger partial charge < -0.3 is 20.1 Å². The lowest BCUT2D eigenvalue weighted by molar-refractivity contribution is -0.121. The Hall–Kier alpha value is -0.890. The summed E-state index contributed by atoms with van der Waals surface area (Å²) < 4.78 is 10.4. The molecular weight excluding hydrogens is 377 g/mol. The van der Waals surface area contributed by atoms with Gasteiger partial charge in [0.05, 0.1) is 26.4 Å². The average molecular weight is 408 g/mol. The molecule has 1 saturated heterocycles. The molecule has 0 saturated carbocycles. The highest BCUT2D eigenvalue weighted by atomic mass is 35.5. The fourth-order valence-corrected chi connectivity index (χ4v) is 2.81. The van der Waals surface area contributed by atoms with Gasteiger partial charge in [0.15, 0.2) is 0 Å². The number of amides is 1. The van der Waals surface area contributed by atoms with Crippen LogP contribution in [0.4, 0.5) is 0 Å². The number of morpholine rings is 1. The molecule has 0 spiro atoms. The van der Waals surface area contributed by atoms with Gasteiger partial charge in [-0.05, 0) is 12.0 Å². The molecule has 2 N–H and O–H groups in total. The lowest BCUT2D eigenvalue weighted by Gasteiger charge is -2.31. The maximum atomic E-state index is 12.2. The van der Waals surface area contributed by atoms with E-state index >= 15 is 0 Å². The van der Waals surface area contributed by atoms with Crippen molar-refractivity contribution in [2.24, 2.45) is 0 Å². The van der Waals surface area contributed by atoms with Crippen LogP contribution in [0.3, 0.4) is 0 Å². The van der Waals surface area contributed by atoms with E-state index in [0.717, 1.165) is 39.3 Å². The Labute approximate surface area is 168 Å². The minimum absolute atomic E-state index is 0. The fraction of sp³-hybridized carbons (Fsp3) is 0.611. The highest BCUT2D eigenvalue weighted by Crippen LogP contribution is 2.06. The van der Waals surface area contributed by atoms with Crippen molar-refractivity contribution < 1.29 is 14.3 Å². The molecule has 1 amide bonds.